The molecule has 0 amide bonds. The highest BCUT2D eigenvalue weighted by Crippen LogP contribution is 2.37. The van der Waals surface area contributed by atoms with E-state index < -0.39 is 0 Å². The first-order chi connectivity index (χ1) is 6.97. The third-order valence-electron chi connectivity index (χ3n) is 2.95. The van der Waals surface area contributed by atoms with Gasteiger partial charge in [0.1, 0.15) is 0 Å². The van der Waals surface area contributed by atoms with E-state index in [9.17, 15) is 0 Å². The van der Waals surface area contributed by atoms with Crippen LogP contribution in [0.4, 0.5) is 0 Å². The maximum absolute atomic E-state index is 6.08. The minimum atomic E-state index is -0.0456. The van der Waals surface area contributed by atoms with Crippen molar-refractivity contribution in [2.24, 2.45) is 0 Å². The Balaban J connectivity index is 2.26. The summed E-state index contributed by atoms with van der Waals surface area (Å²) in [4.78, 5) is 0. The Bertz CT molecular complexity index is 360. The van der Waals surface area contributed by atoms with Gasteiger partial charge in [0.2, 0.25) is 0 Å². The fraction of sp³-hybridized carbons (Fsp3) is 0.571. The van der Waals surface area contributed by atoms with Gasteiger partial charge in [0.05, 0.1) is 11.7 Å². The summed E-state index contributed by atoms with van der Waals surface area (Å²) in [6, 6.07) is 6.54. The van der Waals surface area contributed by atoms with Gasteiger partial charge in [-0.1, -0.05) is 18.2 Å². The lowest BCUT2D eigenvalue weighted by Crippen LogP contribution is -2.21. The number of benzene rings is 1. The van der Waals surface area contributed by atoms with Crippen LogP contribution in [0.15, 0.2) is 18.2 Å². The first-order valence-corrected chi connectivity index (χ1v) is 5.73. The van der Waals surface area contributed by atoms with Crippen LogP contribution >= 0.6 is 0 Å². The molecule has 1 aliphatic rings. The van der Waals surface area contributed by atoms with E-state index in [1.807, 2.05) is 0 Å². The van der Waals surface area contributed by atoms with Crippen LogP contribution in [0, 0.1) is 6.92 Å². The molecule has 0 saturated heterocycles. The largest absolute Gasteiger partial charge is 0.368 e. The van der Waals surface area contributed by atoms with Gasteiger partial charge in [-0.2, -0.15) is 0 Å². The molecular formula is C14H20O. The second-order valence-corrected chi connectivity index (χ2v) is 5.40. The van der Waals surface area contributed by atoms with Gasteiger partial charge in [0.25, 0.3) is 0 Å². The van der Waals surface area contributed by atoms with Crippen LogP contribution in [-0.4, -0.2) is 5.60 Å². The molecule has 1 atom stereocenters. The number of hydrogen-bond acceptors (Lipinski definition) is 1. The molecular weight excluding hydrogens is 184 g/mol. The average molecular weight is 204 g/mol. The smallest absolute Gasteiger partial charge is 0.0838 e. The van der Waals surface area contributed by atoms with Crippen LogP contribution in [0.25, 0.3) is 0 Å². The van der Waals surface area contributed by atoms with Crippen LogP contribution in [0.5, 0.6) is 0 Å². The lowest BCUT2D eigenvalue weighted by atomic mass is 10.0. The highest BCUT2D eigenvalue weighted by molar-refractivity contribution is 5.39. The summed E-state index contributed by atoms with van der Waals surface area (Å²) in [5.74, 6) is 0. The van der Waals surface area contributed by atoms with Crippen molar-refractivity contribution in [2.75, 3.05) is 0 Å². The van der Waals surface area contributed by atoms with Gasteiger partial charge in [-0.25, -0.2) is 0 Å². The summed E-state index contributed by atoms with van der Waals surface area (Å²) in [5.41, 5.74) is 4.28. The molecule has 15 heavy (non-hydrogen) atoms. The molecule has 0 radical (unpaired) electrons. The lowest BCUT2D eigenvalue weighted by molar-refractivity contribution is -0.0605. The Hall–Kier alpha value is -0.820. The minimum absolute atomic E-state index is 0.0456. The molecule has 0 N–H and O–H groups in total. The summed E-state index contributed by atoms with van der Waals surface area (Å²) in [6.07, 6.45) is 2.61. The summed E-state index contributed by atoms with van der Waals surface area (Å²) >= 11 is 0. The second-order valence-electron chi connectivity index (χ2n) is 5.40. The number of aryl methyl sites for hydroxylation is 1. The molecule has 1 heteroatoms. The molecule has 0 heterocycles. The average Bonchev–Trinajstić information content (AvgIpc) is 2.48. The second kappa shape index (κ2) is 3.64. The van der Waals surface area contributed by atoms with E-state index in [0.717, 1.165) is 6.42 Å². The van der Waals surface area contributed by atoms with Gasteiger partial charge in [0, 0.05) is 0 Å². The van der Waals surface area contributed by atoms with E-state index in [2.05, 4.69) is 45.9 Å². The minimum Gasteiger partial charge on any atom is -0.368 e. The van der Waals surface area contributed by atoms with E-state index in [0.29, 0.717) is 6.10 Å². The van der Waals surface area contributed by atoms with Gasteiger partial charge < -0.3 is 4.74 Å². The van der Waals surface area contributed by atoms with Crippen LogP contribution in [-0.2, 0) is 11.2 Å². The number of fused-ring (bicyclic) bond motifs is 1. The summed E-state index contributed by atoms with van der Waals surface area (Å²) < 4.78 is 6.08. The van der Waals surface area contributed by atoms with Crippen LogP contribution in [0.1, 0.15) is 50.0 Å². The molecule has 1 aromatic carbocycles. The predicted molar refractivity (Wildman–Crippen MR) is 63.1 cm³/mol. The SMILES string of the molecule is Cc1cccc2c1CC[C@H]2OC(C)(C)C. The van der Waals surface area contributed by atoms with Crippen molar-refractivity contribution in [2.45, 2.75) is 52.2 Å². The molecule has 0 spiro atoms. The fourth-order valence-corrected chi connectivity index (χ4v) is 2.35. The van der Waals surface area contributed by atoms with Gasteiger partial charge >= 0.3 is 0 Å². The molecule has 1 aromatic rings. The van der Waals surface area contributed by atoms with Crippen molar-refractivity contribution in [3.05, 3.63) is 34.9 Å². The zero-order chi connectivity index (χ0) is 11.1. The zero-order valence-corrected chi connectivity index (χ0v) is 10.1. The molecule has 2 rings (SSSR count). The fourth-order valence-electron chi connectivity index (χ4n) is 2.35. The number of rotatable bonds is 1. The molecule has 0 fully saturated rings. The standard InChI is InChI=1S/C14H20O/c1-10-6-5-7-12-11(10)8-9-13(12)15-14(2,3)4/h5-7,13H,8-9H2,1-4H3/t13-/m1/s1. The Morgan fingerprint density at radius 1 is 1.27 bits per heavy atom. The molecule has 1 aliphatic carbocycles. The van der Waals surface area contributed by atoms with Crippen molar-refractivity contribution in [3.63, 3.8) is 0 Å². The third kappa shape index (κ3) is 2.23. The predicted octanol–water partition coefficient (Wildman–Crippen LogP) is 3.80. The summed E-state index contributed by atoms with van der Waals surface area (Å²) in [5, 5.41) is 0. The van der Waals surface area contributed by atoms with E-state index in [-0.39, 0.29) is 5.60 Å². The van der Waals surface area contributed by atoms with E-state index in [4.69, 9.17) is 4.74 Å². The monoisotopic (exact) mass is 204 g/mol. The quantitative estimate of drug-likeness (QED) is 0.676. The summed E-state index contributed by atoms with van der Waals surface area (Å²) in [6.45, 7) is 8.57. The van der Waals surface area contributed by atoms with Crippen molar-refractivity contribution in [1.82, 2.24) is 0 Å². The van der Waals surface area contributed by atoms with Crippen molar-refractivity contribution in [3.8, 4) is 0 Å². The molecule has 0 unspecified atom stereocenters. The zero-order valence-electron chi connectivity index (χ0n) is 10.1. The lowest BCUT2D eigenvalue weighted by Gasteiger charge is -2.25. The molecule has 1 nitrogen and oxygen atoms in total. The van der Waals surface area contributed by atoms with Gasteiger partial charge in [0.15, 0.2) is 0 Å². The summed E-state index contributed by atoms with van der Waals surface area (Å²) in [7, 11) is 0. The van der Waals surface area contributed by atoms with Gasteiger partial charge in [-0.05, 0) is 57.2 Å². The molecule has 0 saturated carbocycles. The van der Waals surface area contributed by atoms with Gasteiger partial charge in [-0.15, -0.1) is 0 Å². The van der Waals surface area contributed by atoms with E-state index in [1.54, 1.807) is 0 Å². The van der Waals surface area contributed by atoms with Crippen LogP contribution < -0.4 is 0 Å². The topological polar surface area (TPSA) is 9.23 Å². The molecule has 0 bridgehead atoms. The maximum Gasteiger partial charge on any atom is 0.0838 e. The molecule has 82 valence electrons. The Kier molecular flexibility index (Phi) is 2.59. The maximum atomic E-state index is 6.08. The van der Waals surface area contributed by atoms with Crippen molar-refractivity contribution in [1.29, 1.82) is 0 Å². The highest BCUT2D eigenvalue weighted by atomic mass is 16.5. The van der Waals surface area contributed by atoms with Crippen LogP contribution in [0.3, 0.4) is 0 Å². The van der Waals surface area contributed by atoms with E-state index in [1.165, 1.54) is 23.1 Å². The van der Waals surface area contributed by atoms with E-state index >= 15 is 0 Å². The molecule has 0 aliphatic heterocycles. The number of hydrogen-bond donors (Lipinski definition) is 0. The van der Waals surface area contributed by atoms with Crippen molar-refractivity contribution < 1.29 is 4.74 Å². The highest BCUT2D eigenvalue weighted by Gasteiger charge is 2.27. The van der Waals surface area contributed by atoms with Crippen molar-refractivity contribution >= 4 is 0 Å². The Labute approximate surface area is 92.5 Å². The Morgan fingerprint density at radius 2 is 2.00 bits per heavy atom. The normalized spacial score (nSPS) is 20.4. The number of ether oxygens (including phenoxy) is 1. The molecule has 0 aromatic heterocycles. The third-order valence-corrected chi connectivity index (χ3v) is 2.95. The Morgan fingerprint density at radius 3 is 2.67 bits per heavy atom. The first kappa shape index (κ1) is 10.7. The first-order valence-electron chi connectivity index (χ1n) is 5.73. The van der Waals surface area contributed by atoms with Gasteiger partial charge in [-0.3, -0.25) is 0 Å². The van der Waals surface area contributed by atoms with Crippen LogP contribution in [0.2, 0.25) is 0 Å².